The van der Waals surface area contributed by atoms with Gasteiger partial charge in [0, 0.05) is 24.7 Å². The highest BCUT2D eigenvalue weighted by molar-refractivity contribution is 4.98. The van der Waals surface area contributed by atoms with Crippen molar-refractivity contribution in [2.75, 3.05) is 13.1 Å². The Morgan fingerprint density at radius 2 is 1.93 bits per heavy atom. The molecule has 0 aliphatic heterocycles. The standard InChI is InChI=1S/C12H24N2/c1-3-12(2,9-13)14(11-6-7-11)8-10-4-5-10/h10-11H,3-9,13H2,1-2H3. The molecule has 0 radical (unpaired) electrons. The van der Waals surface area contributed by atoms with Crippen LogP contribution in [0.3, 0.4) is 0 Å². The van der Waals surface area contributed by atoms with Gasteiger partial charge in [-0.1, -0.05) is 6.92 Å². The number of rotatable bonds is 6. The van der Waals surface area contributed by atoms with Gasteiger partial charge < -0.3 is 5.73 Å². The first kappa shape index (κ1) is 10.4. The molecule has 0 aromatic rings. The predicted molar refractivity (Wildman–Crippen MR) is 60.2 cm³/mol. The van der Waals surface area contributed by atoms with Crippen molar-refractivity contribution < 1.29 is 0 Å². The monoisotopic (exact) mass is 196 g/mol. The molecule has 14 heavy (non-hydrogen) atoms. The molecule has 2 aliphatic carbocycles. The lowest BCUT2D eigenvalue weighted by atomic mass is 9.95. The Hall–Kier alpha value is -0.0800. The van der Waals surface area contributed by atoms with Crippen molar-refractivity contribution in [3.8, 4) is 0 Å². The lowest BCUT2D eigenvalue weighted by molar-refractivity contribution is 0.0909. The van der Waals surface area contributed by atoms with Crippen LogP contribution in [0.15, 0.2) is 0 Å². The lowest BCUT2D eigenvalue weighted by Crippen LogP contribution is -2.53. The Morgan fingerprint density at radius 3 is 2.29 bits per heavy atom. The molecule has 0 bridgehead atoms. The first-order valence-corrected chi connectivity index (χ1v) is 6.16. The Morgan fingerprint density at radius 1 is 1.29 bits per heavy atom. The number of hydrogen-bond acceptors (Lipinski definition) is 2. The maximum Gasteiger partial charge on any atom is 0.0304 e. The third-order valence-corrected chi connectivity index (χ3v) is 4.03. The second kappa shape index (κ2) is 3.82. The molecule has 0 amide bonds. The van der Waals surface area contributed by atoms with Gasteiger partial charge in [0.25, 0.3) is 0 Å². The van der Waals surface area contributed by atoms with Crippen LogP contribution in [-0.4, -0.2) is 29.6 Å². The minimum absolute atomic E-state index is 0.268. The van der Waals surface area contributed by atoms with E-state index in [-0.39, 0.29) is 5.54 Å². The van der Waals surface area contributed by atoms with Gasteiger partial charge in [0.15, 0.2) is 0 Å². The van der Waals surface area contributed by atoms with E-state index in [0.717, 1.165) is 18.5 Å². The van der Waals surface area contributed by atoms with Crippen LogP contribution in [0.25, 0.3) is 0 Å². The third-order valence-electron chi connectivity index (χ3n) is 4.03. The molecule has 1 unspecified atom stereocenters. The number of hydrogen-bond donors (Lipinski definition) is 1. The molecule has 1 atom stereocenters. The summed E-state index contributed by atoms with van der Waals surface area (Å²) in [5, 5.41) is 0. The van der Waals surface area contributed by atoms with E-state index in [1.54, 1.807) is 0 Å². The van der Waals surface area contributed by atoms with Gasteiger partial charge in [-0.3, -0.25) is 4.90 Å². The van der Waals surface area contributed by atoms with Crippen molar-refractivity contribution in [1.82, 2.24) is 4.90 Å². The molecule has 0 spiro atoms. The molecule has 82 valence electrons. The van der Waals surface area contributed by atoms with E-state index in [1.165, 1.54) is 38.6 Å². The Labute approximate surface area is 87.8 Å². The van der Waals surface area contributed by atoms with Crippen molar-refractivity contribution in [1.29, 1.82) is 0 Å². The van der Waals surface area contributed by atoms with Crippen LogP contribution in [0.5, 0.6) is 0 Å². The summed E-state index contributed by atoms with van der Waals surface area (Å²) in [6, 6.07) is 0.865. The number of nitrogens with two attached hydrogens (primary N) is 1. The molecule has 0 aromatic carbocycles. The summed E-state index contributed by atoms with van der Waals surface area (Å²) in [6.45, 7) is 6.74. The van der Waals surface area contributed by atoms with Crippen LogP contribution < -0.4 is 5.73 Å². The highest BCUT2D eigenvalue weighted by Crippen LogP contribution is 2.39. The molecule has 2 rings (SSSR count). The van der Waals surface area contributed by atoms with E-state index in [4.69, 9.17) is 5.73 Å². The molecule has 2 saturated carbocycles. The minimum Gasteiger partial charge on any atom is -0.329 e. The largest absolute Gasteiger partial charge is 0.329 e. The summed E-state index contributed by atoms with van der Waals surface area (Å²) in [7, 11) is 0. The van der Waals surface area contributed by atoms with Crippen LogP contribution in [-0.2, 0) is 0 Å². The normalized spacial score (nSPS) is 26.6. The van der Waals surface area contributed by atoms with Crippen LogP contribution in [0.2, 0.25) is 0 Å². The van der Waals surface area contributed by atoms with E-state index >= 15 is 0 Å². The maximum atomic E-state index is 5.94. The van der Waals surface area contributed by atoms with Crippen molar-refractivity contribution in [2.24, 2.45) is 11.7 Å². The van der Waals surface area contributed by atoms with Crippen LogP contribution in [0, 0.1) is 5.92 Å². The van der Waals surface area contributed by atoms with E-state index in [9.17, 15) is 0 Å². The topological polar surface area (TPSA) is 29.3 Å². The van der Waals surface area contributed by atoms with Crippen molar-refractivity contribution >= 4 is 0 Å². The molecular weight excluding hydrogens is 172 g/mol. The molecule has 2 N–H and O–H groups in total. The predicted octanol–water partition coefficient (Wildman–Crippen LogP) is 1.99. The van der Waals surface area contributed by atoms with Gasteiger partial charge in [0.1, 0.15) is 0 Å². The third kappa shape index (κ3) is 2.12. The zero-order valence-corrected chi connectivity index (χ0v) is 9.63. The smallest absolute Gasteiger partial charge is 0.0304 e. The van der Waals surface area contributed by atoms with E-state index < -0.39 is 0 Å². The van der Waals surface area contributed by atoms with Crippen molar-refractivity contribution in [3.05, 3.63) is 0 Å². The quantitative estimate of drug-likeness (QED) is 0.704. The minimum atomic E-state index is 0.268. The molecule has 2 aliphatic rings. The second-order valence-corrected chi connectivity index (χ2v) is 5.38. The van der Waals surface area contributed by atoms with Gasteiger partial charge in [-0.25, -0.2) is 0 Å². The summed E-state index contributed by atoms with van der Waals surface area (Å²) < 4.78 is 0. The molecular formula is C12H24N2. The molecule has 0 saturated heterocycles. The van der Waals surface area contributed by atoms with Crippen molar-refractivity contribution in [2.45, 2.75) is 57.5 Å². The van der Waals surface area contributed by atoms with Crippen LogP contribution >= 0.6 is 0 Å². The molecule has 2 heteroatoms. The first-order valence-electron chi connectivity index (χ1n) is 6.16. The summed E-state index contributed by atoms with van der Waals surface area (Å²) in [4.78, 5) is 2.71. The Balaban J connectivity index is 1.98. The fourth-order valence-electron chi connectivity index (χ4n) is 2.24. The average molecular weight is 196 g/mol. The SMILES string of the molecule is CCC(C)(CN)N(CC1CC1)C1CC1. The van der Waals surface area contributed by atoms with E-state index in [0.29, 0.717) is 0 Å². The Kier molecular flexibility index (Phi) is 2.85. The van der Waals surface area contributed by atoms with Gasteiger partial charge >= 0.3 is 0 Å². The van der Waals surface area contributed by atoms with Gasteiger partial charge in [-0.15, -0.1) is 0 Å². The number of nitrogens with zero attached hydrogens (tertiary/aromatic N) is 1. The van der Waals surface area contributed by atoms with E-state index in [1.807, 2.05) is 0 Å². The maximum absolute atomic E-state index is 5.94. The summed E-state index contributed by atoms with van der Waals surface area (Å²) in [5.41, 5.74) is 6.21. The zero-order chi connectivity index (χ0) is 10.2. The van der Waals surface area contributed by atoms with Crippen LogP contribution in [0.1, 0.15) is 46.0 Å². The summed E-state index contributed by atoms with van der Waals surface area (Å²) >= 11 is 0. The molecule has 2 nitrogen and oxygen atoms in total. The molecule has 0 heterocycles. The average Bonchev–Trinajstić information content (AvgIpc) is 3.04. The summed E-state index contributed by atoms with van der Waals surface area (Å²) in [5.74, 6) is 0.994. The van der Waals surface area contributed by atoms with E-state index in [2.05, 4.69) is 18.7 Å². The van der Waals surface area contributed by atoms with Gasteiger partial charge in [0.2, 0.25) is 0 Å². The van der Waals surface area contributed by atoms with Gasteiger partial charge in [-0.05, 0) is 44.9 Å². The first-order chi connectivity index (χ1) is 6.69. The van der Waals surface area contributed by atoms with Crippen LogP contribution in [0.4, 0.5) is 0 Å². The summed E-state index contributed by atoms with van der Waals surface area (Å²) in [6.07, 6.45) is 6.90. The fraction of sp³-hybridized carbons (Fsp3) is 1.00. The molecule has 0 aromatic heterocycles. The highest BCUT2D eigenvalue weighted by atomic mass is 15.3. The van der Waals surface area contributed by atoms with Crippen molar-refractivity contribution in [3.63, 3.8) is 0 Å². The zero-order valence-electron chi connectivity index (χ0n) is 9.63. The fourth-order valence-corrected chi connectivity index (χ4v) is 2.24. The van der Waals surface area contributed by atoms with Gasteiger partial charge in [-0.2, -0.15) is 0 Å². The van der Waals surface area contributed by atoms with Gasteiger partial charge in [0.05, 0.1) is 0 Å². The molecule has 2 fully saturated rings. The highest BCUT2D eigenvalue weighted by Gasteiger charge is 2.41. The lowest BCUT2D eigenvalue weighted by Gasteiger charge is -2.40. The Bertz CT molecular complexity index is 190. The second-order valence-electron chi connectivity index (χ2n) is 5.38.